The zero-order chi connectivity index (χ0) is 19.7. The Labute approximate surface area is 172 Å². The van der Waals surface area contributed by atoms with Crippen molar-refractivity contribution in [2.75, 3.05) is 31.2 Å². The fourth-order valence-electron chi connectivity index (χ4n) is 3.35. The van der Waals surface area contributed by atoms with E-state index in [0.717, 1.165) is 10.5 Å². The first kappa shape index (κ1) is 19.1. The molecule has 2 heterocycles. The van der Waals surface area contributed by atoms with E-state index in [1.807, 2.05) is 42.2 Å². The first-order chi connectivity index (χ1) is 13.6. The van der Waals surface area contributed by atoms with Crippen molar-refractivity contribution in [1.29, 1.82) is 0 Å². The van der Waals surface area contributed by atoms with Gasteiger partial charge in [-0.15, -0.1) is 0 Å². The van der Waals surface area contributed by atoms with Crippen LogP contribution in [0.2, 0.25) is 5.02 Å². The van der Waals surface area contributed by atoms with Crippen molar-refractivity contribution >= 4 is 40.9 Å². The second kappa shape index (κ2) is 7.99. The fraction of sp³-hybridized carbons (Fsp3) is 0.238. The van der Waals surface area contributed by atoms with Crippen LogP contribution in [0.5, 0.6) is 0 Å². The first-order valence-corrected chi connectivity index (χ1v) is 10.2. The van der Waals surface area contributed by atoms with E-state index in [1.54, 1.807) is 18.2 Å². The molecule has 7 heteroatoms. The van der Waals surface area contributed by atoms with Crippen molar-refractivity contribution in [2.24, 2.45) is 0 Å². The quantitative estimate of drug-likeness (QED) is 0.711. The lowest BCUT2D eigenvalue weighted by Gasteiger charge is -2.29. The highest BCUT2D eigenvalue weighted by Crippen LogP contribution is 2.39. The van der Waals surface area contributed by atoms with Crippen molar-refractivity contribution in [1.82, 2.24) is 4.90 Å². The van der Waals surface area contributed by atoms with E-state index in [9.17, 15) is 9.59 Å². The minimum absolute atomic E-state index is 0.296. The summed E-state index contributed by atoms with van der Waals surface area (Å²) in [5.74, 6) is -0.596. The zero-order valence-electron chi connectivity index (χ0n) is 15.4. The Morgan fingerprint density at radius 3 is 2.39 bits per heavy atom. The molecular weight excluding hydrogens is 396 g/mol. The first-order valence-electron chi connectivity index (χ1n) is 9.01. The summed E-state index contributed by atoms with van der Waals surface area (Å²) in [5, 5.41) is 0.570. The molecule has 144 valence electrons. The summed E-state index contributed by atoms with van der Waals surface area (Å²) in [6.45, 7) is 4.09. The van der Waals surface area contributed by atoms with Crippen molar-refractivity contribution in [3.8, 4) is 0 Å². The molecule has 1 saturated heterocycles. The molecule has 0 aliphatic carbocycles. The lowest BCUT2D eigenvalue weighted by molar-refractivity contribution is -0.121. The summed E-state index contributed by atoms with van der Waals surface area (Å²) in [6.07, 6.45) is 0. The van der Waals surface area contributed by atoms with Gasteiger partial charge in [0, 0.05) is 23.0 Å². The van der Waals surface area contributed by atoms with Gasteiger partial charge < -0.3 is 9.64 Å². The molecule has 0 radical (unpaired) electrons. The smallest absolute Gasteiger partial charge is 0.283 e. The number of carbonyl (C=O) groups is 2. The SMILES string of the molecule is Cc1cc(Cl)ccc1N1C(=O)C(Sc2ccccc2)=C(N2CCOCC2)C1=O. The van der Waals surface area contributed by atoms with E-state index >= 15 is 0 Å². The fourth-order valence-corrected chi connectivity index (χ4v) is 4.60. The molecule has 0 bridgehead atoms. The Morgan fingerprint density at radius 2 is 1.71 bits per heavy atom. The van der Waals surface area contributed by atoms with Gasteiger partial charge in [0.2, 0.25) is 0 Å². The van der Waals surface area contributed by atoms with E-state index in [2.05, 4.69) is 0 Å². The van der Waals surface area contributed by atoms with Gasteiger partial charge >= 0.3 is 0 Å². The third-order valence-corrected chi connectivity index (χ3v) is 6.02. The molecule has 2 aliphatic heterocycles. The summed E-state index contributed by atoms with van der Waals surface area (Å²) < 4.78 is 5.42. The summed E-state index contributed by atoms with van der Waals surface area (Å²) in [7, 11) is 0. The van der Waals surface area contributed by atoms with Gasteiger partial charge in [-0.05, 0) is 42.8 Å². The number of aryl methyl sites for hydroxylation is 1. The molecule has 1 fully saturated rings. The lowest BCUT2D eigenvalue weighted by atomic mass is 10.2. The molecule has 0 unspecified atom stereocenters. The molecule has 0 spiro atoms. The number of rotatable bonds is 4. The summed E-state index contributed by atoms with van der Waals surface area (Å²) in [6, 6.07) is 14.8. The number of imide groups is 1. The molecule has 0 aromatic heterocycles. The monoisotopic (exact) mass is 414 g/mol. The van der Waals surface area contributed by atoms with E-state index in [0.29, 0.717) is 47.6 Å². The molecule has 0 N–H and O–H groups in total. The number of anilines is 1. The zero-order valence-corrected chi connectivity index (χ0v) is 16.9. The molecule has 2 aromatic rings. The molecule has 0 saturated carbocycles. The van der Waals surface area contributed by atoms with Gasteiger partial charge in [-0.2, -0.15) is 0 Å². The second-order valence-electron chi connectivity index (χ2n) is 6.57. The topological polar surface area (TPSA) is 49.9 Å². The molecule has 28 heavy (non-hydrogen) atoms. The maximum absolute atomic E-state index is 13.4. The maximum atomic E-state index is 13.4. The van der Waals surface area contributed by atoms with Crippen molar-refractivity contribution in [3.05, 3.63) is 69.7 Å². The van der Waals surface area contributed by atoms with Crippen LogP contribution in [0.1, 0.15) is 5.56 Å². The van der Waals surface area contributed by atoms with E-state index < -0.39 is 0 Å². The molecule has 2 aliphatic rings. The number of carbonyl (C=O) groups excluding carboxylic acids is 2. The van der Waals surface area contributed by atoms with E-state index in [4.69, 9.17) is 16.3 Å². The third-order valence-electron chi connectivity index (χ3n) is 4.71. The number of hydrogen-bond donors (Lipinski definition) is 0. The highest BCUT2D eigenvalue weighted by Gasteiger charge is 2.43. The average molecular weight is 415 g/mol. The van der Waals surface area contributed by atoms with Crippen LogP contribution in [0.25, 0.3) is 0 Å². The van der Waals surface area contributed by atoms with Gasteiger partial charge in [0.05, 0.1) is 18.9 Å². The lowest BCUT2D eigenvalue weighted by Crippen LogP contribution is -2.40. The van der Waals surface area contributed by atoms with Gasteiger partial charge in [-0.1, -0.05) is 41.6 Å². The van der Waals surface area contributed by atoms with Crippen molar-refractivity contribution < 1.29 is 14.3 Å². The second-order valence-corrected chi connectivity index (χ2v) is 8.09. The number of hydrogen-bond acceptors (Lipinski definition) is 5. The number of ether oxygens (including phenoxy) is 1. The van der Waals surface area contributed by atoms with Crippen LogP contribution in [-0.2, 0) is 14.3 Å². The average Bonchev–Trinajstić information content (AvgIpc) is 2.94. The summed E-state index contributed by atoms with van der Waals surface area (Å²) in [4.78, 5) is 31.3. The Hall–Kier alpha value is -2.28. The van der Waals surface area contributed by atoms with E-state index in [1.165, 1.54) is 16.7 Å². The van der Waals surface area contributed by atoms with Crippen LogP contribution in [0.4, 0.5) is 5.69 Å². The number of amides is 2. The highest BCUT2D eigenvalue weighted by atomic mass is 35.5. The maximum Gasteiger partial charge on any atom is 0.283 e. The van der Waals surface area contributed by atoms with Gasteiger partial charge in [0.25, 0.3) is 11.8 Å². The molecule has 2 aromatic carbocycles. The number of benzene rings is 2. The van der Waals surface area contributed by atoms with Crippen molar-refractivity contribution in [3.63, 3.8) is 0 Å². The predicted octanol–water partition coefficient (Wildman–Crippen LogP) is 3.86. The minimum Gasteiger partial charge on any atom is -0.378 e. The van der Waals surface area contributed by atoms with Gasteiger partial charge in [0.15, 0.2) is 0 Å². The van der Waals surface area contributed by atoms with Gasteiger partial charge in [-0.25, -0.2) is 4.90 Å². The van der Waals surface area contributed by atoms with Crippen LogP contribution in [-0.4, -0.2) is 43.0 Å². The van der Waals surface area contributed by atoms with Crippen LogP contribution < -0.4 is 4.90 Å². The number of morpholine rings is 1. The third kappa shape index (κ3) is 3.55. The summed E-state index contributed by atoms with van der Waals surface area (Å²) in [5.41, 5.74) is 1.80. The predicted molar refractivity (Wildman–Crippen MR) is 110 cm³/mol. The molecular formula is C21H19ClN2O3S. The van der Waals surface area contributed by atoms with Crippen LogP contribution in [0.15, 0.2) is 64.0 Å². The Kier molecular flexibility index (Phi) is 5.44. The number of thioether (sulfide) groups is 1. The molecule has 2 amide bonds. The number of nitrogens with zero attached hydrogens (tertiary/aromatic N) is 2. The van der Waals surface area contributed by atoms with Crippen LogP contribution in [0, 0.1) is 6.92 Å². The molecule has 0 atom stereocenters. The van der Waals surface area contributed by atoms with Gasteiger partial charge in [-0.3, -0.25) is 9.59 Å². The van der Waals surface area contributed by atoms with Crippen molar-refractivity contribution in [2.45, 2.75) is 11.8 Å². The van der Waals surface area contributed by atoms with Crippen LogP contribution in [0.3, 0.4) is 0 Å². The number of halogens is 1. The Morgan fingerprint density at radius 1 is 1.00 bits per heavy atom. The normalized spacial score (nSPS) is 17.6. The Balaban J connectivity index is 1.76. The van der Waals surface area contributed by atoms with Gasteiger partial charge in [0.1, 0.15) is 10.6 Å². The Bertz CT molecular complexity index is 955. The largest absolute Gasteiger partial charge is 0.378 e. The minimum atomic E-state index is -0.300. The van der Waals surface area contributed by atoms with E-state index in [-0.39, 0.29) is 11.8 Å². The standard InChI is InChI=1S/C21H19ClN2O3S/c1-14-13-15(22)7-8-17(14)24-20(25)18(23-9-11-27-12-10-23)19(21(24)26)28-16-5-3-2-4-6-16/h2-8,13H,9-12H2,1H3. The molecule has 5 nitrogen and oxygen atoms in total. The van der Waals surface area contributed by atoms with Crippen LogP contribution >= 0.6 is 23.4 Å². The highest BCUT2D eigenvalue weighted by molar-refractivity contribution is 8.04. The summed E-state index contributed by atoms with van der Waals surface area (Å²) >= 11 is 7.39. The molecule has 4 rings (SSSR count).